The van der Waals surface area contributed by atoms with Gasteiger partial charge >= 0.3 is 0 Å². The van der Waals surface area contributed by atoms with Crippen molar-refractivity contribution < 1.29 is 0 Å². The number of hydrogen-bond donors (Lipinski definition) is 0. The van der Waals surface area contributed by atoms with Gasteiger partial charge in [0.2, 0.25) is 0 Å². The molecule has 0 saturated heterocycles. The van der Waals surface area contributed by atoms with Crippen LogP contribution in [0.1, 0.15) is 26.7 Å². The van der Waals surface area contributed by atoms with E-state index in [1.54, 1.807) is 6.33 Å². The number of nitrogens with zero attached hydrogens (tertiary/aromatic N) is 3. The fraction of sp³-hybridized carbons (Fsp3) is 0.429. The normalized spacial score (nSPS) is 11.1. The zero-order chi connectivity index (χ0) is 12.3. The van der Waals surface area contributed by atoms with E-state index in [1.165, 1.54) is 0 Å². The summed E-state index contributed by atoms with van der Waals surface area (Å²) in [6.45, 7) is 4.43. The lowest BCUT2D eigenvalue weighted by atomic mass is 10.1. The first-order chi connectivity index (χ1) is 8.27. The Morgan fingerprint density at radius 3 is 2.53 bits per heavy atom. The van der Waals surface area contributed by atoms with Gasteiger partial charge in [-0.25, -0.2) is 9.97 Å². The first-order valence-corrected chi connectivity index (χ1v) is 6.20. The molecule has 0 radical (unpaired) electrons. The number of para-hydroxylation sites is 1. The van der Waals surface area contributed by atoms with E-state index in [2.05, 4.69) is 41.8 Å². The summed E-state index contributed by atoms with van der Waals surface area (Å²) in [4.78, 5) is 11.0. The minimum Gasteiger partial charge on any atom is -0.356 e. The van der Waals surface area contributed by atoms with Gasteiger partial charge in [0.15, 0.2) is 0 Å². The molecule has 3 heteroatoms. The molecule has 0 bridgehead atoms. The SMILES string of the molecule is CCC(CC)N(C)c1ncnc2ccccc12. The van der Waals surface area contributed by atoms with Crippen LogP contribution in [0.5, 0.6) is 0 Å². The Kier molecular flexibility index (Phi) is 3.57. The molecule has 0 aliphatic heterocycles. The standard InChI is InChI=1S/C14H19N3/c1-4-11(5-2)17(3)14-12-8-6-7-9-13(12)15-10-16-14/h6-11H,4-5H2,1-3H3. The van der Waals surface area contributed by atoms with E-state index in [4.69, 9.17) is 0 Å². The van der Waals surface area contributed by atoms with Crippen molar-refractivity contribution in [2.45, 2.75) is 32.7 Å². The molecule has 0 amide bonds. The van der Waals surface area contributed by atoms with Gasteiger partial charge in [-0.15, -0.1) is 0 Å². The number of hydrogen-bond acceptors (Lipinski definition) is 3. The number of anilines is 1. The summed E-state index contributed by atoms with van der Waals surface area (Å²) in [5.41, 5.74) is 1.01. The second-order valence-corrected chi connectivity index (χ2v) is 4.30. The van der Waals surface area contributed by atoms with Crippen LogP contribution in [0.25, 0.3) is 10.9 Å². The van der Waals surface area contributed by atoms with Crippen molar-refractivity contribution in [3.8, 4) is 0 Å². The van der Waals surface area contributed by atoms with Crippen molar-refractivity contribution in [3.63, 3.8) is 0 Å². The summed E-state index contributed by atoms with van der Waals surface area (Å²) in [5.74, 6) is 1.03. The molecule has 2 aromatic rings. The van der Waals surface area contributed by atoms with Gasteiger partial charge in [0.1, 0.15) is 12.1 Å². The quantitative estimate of drug-likeness (QED) is 0.805. The summed E-state index contributed by atoms with van der Waals surface area (Å²) in [5, 5.41) is 1.13. The van der Waals surface area contributed by atoms with Crippen LogP contribution < -0.4 is 4.90 Å². The molecule has 1 heterocycles. The van der Waals surface area contributed by atoms with Gasteiger partial charge in [-0.2, -0.15) is 0 Å². The van der Waals surface area contributed by atoms with E-state index >= 15 is 0 Å². The van der Waals surface area contributed by atoms with Gasteiger partial charge < -0.3 is 4.90 Å². The van der Waals surface area contributed by atoms with Crippen LogP contribution in [0.15, 0.2) is 30.6 Å². The maximum absolute atomic E-state index is 4.44. The van der Waals surface area contributed by atoms with Gasteiger partial charge in [0.05, 0.1) is 5.52 Å². The number of benzene rings is 1. The highest BCUT2D eigenvalue weighted by Crippen LogP contribution is 2.24. The van der Waals surface area contributed by atoms with Crippen LogP contribution in [0.4, 0.5) is 5.82 Å². The zero-order valence-electron chi connectivity index (χ0n) is 10.7. The molecule has 3 nitrogen and oxygen atoms in total. The summed E-state index contributed by atoms with van der Waals surface area (Å²) in [7, 11) is 2.12. The molecule has 0 saturated carbocycles. The summed E-state index contributed by atoms with van der Waals surface area (Å²) in [6, 6.07) is 8.70. The maximum atomic E-state index is 4.44. The Labute approximate surface area is 103 Å². The topological polar surface area (TPSA) is 29.0 Å². The van der Waals surface area contributed by atoms with Crippen molar-refractivity contribution in [2.24, 2.45) is 0 Å². The van der Waals surface area contributed by atoms with Crippen molar-refractivity contribution in [3.05, 3.63) is 30.6 Å². The lowest BCUT2D eigenvalue weighted by Gasteiger charge is -2.28. The Morgan fingerprint density at radius 1 is 1.12 bits per heavy atom. The molecule has 0 atom stereocenters. The molecule has 0 spiro atoms. The minimum atomic E-state index is 0.535. The molecule has 0 fully saturated rings. The Bertz CT molecular complexity index is 486. The highest BCUT2D eigenvalue weighted by molar-refractivity contribution is 5.89. The maximum Gasteiger partial charge on any atom is 0.139 e. The van der Waals surface area contributed by atoms with E-state index in [0.29, 0.717) is 6.04 Å². The third-order valence-corrected chi connectivity index (χ3v) is 3.35. The lowest BCUT2D eigenvalue weighted by molar-refractivity contribution is 0.588. The molecule has 90 valence electrons. The predicted molar refractivity (Wildman–Crippen MR) is 72.3 cm³/mol. The van der Waals surface area contributed by atoms with Gasteiger partial charge in [-0.1, -0.05) is 26.0 Å². The van der Waals surface area contributed by atoms with Crippen molar-refractivity contribution in [2.75, 3.05) is 11.9 Å². The molecule has 0 aliphatic rings. The van der Waals surface area contributed by atoms with Crippen LogP contribution in [-0.4, -0.2) is 23.1 Å². The van der Waals surface area contributed by atoms with Crippen molar-refractivity contribution in [1.29, 1.82) is 0 Å². The molecule has 2 rings (SSSR count). The van der Waals surface area contributed by atoms with E-state index in [1.807, 2.05) is 18.2 Å². The first-order valence-electron chi connectivity index (χ1n) is 6.20. The number of fused-ring (bicyclic) bond motifs is 1. The van der Waals surface area contributed by atoms with E-state index in [-0.39, 0.29) is 0 Å². The van der Waals surface area contributed by atoms with Gasteiger partial charge in [0, 0.05) is 18.5 Å². The second kappa shape index (κ2) is 5.13. The average molecular weight is 229 g/mol. The molecule has 17 heavy (non-hydrogen) atoms. The lowest BCUT2D eigenvalue weighted by Crippen LogP contribution is -2.31. The zero-order valence-corrected chi connectivity index (χ0v) is 10.7. The average Bonchev–Trinajstić information content (AvgIpc) is 2.39. The van der Waals surface area contributed by atoms with Gasteiger partial charge in [-0.05, 0) is 25.0 Å². The van der Waals surface area contributed by atoms with Crippen LogP contribution in [-0.2, 0) is 0 Å². The first kappa shape index (κ1) is 11.8. The van der Waals surface area contributed by atoms with Crippen LogP contribution in [0, 0.1) is 0 Å². The van der Waals surface area contributed by atoms with Crippen LogP contribution >= 0.6 is 0 Å². The fourth-order valence-electron chi connectivity index (χ4n) is 2.28. The van der Waals surface area contributed by atoms with E-state index in [9.17, 15) is 0 Å². The summed E-state index contributed by atoms with van der Waals surface area (Å²) in [6.07, 6.45) is 3.91. The highest BCUT2D eigenvalue weighted by Gasteiger charge is 2.14. The minimum absolute atomic E-state index is 0.535. The van der Waals surface area contributed by atoms with E-state index < -0.39 is 0 Å². The Hall–Kier alpha value is -1.64. The third-order valence-electron chi connectivity index (χ3n) is 3.35. The largest absolute Gasteiger partial charge is 0.356 e. The van der Waals surface area contributed by atoms with E-state index in [0.717, 1.165) is 29.6 Å². The molecule has 0 N–H and O–H groups in total. The van der Waals surface area contributed by atoms with Gasteiger partial charge in [-0.3, -0.25) is 0 Å². The fourth-order valence-corrected chi connectivity index (χ4v) is 2.28. The molecule has 0 unspecified atom stereocenters. The molecular weight excluding hydrogens is 210 g/mol. The molecule has 0 aliphatic carbocycles. The molecule has 1 aromatic heterocycles. The predicted octanol–water partition coefficient (Wildman–Crippen LogP) is 3.25. The highest BCUT2D eigenvalue weighted by atomic mass is 15.2. The Balaban J connectivity index is 2.47. The van der Waals surface area contributed by atoms with Gasteiger partial charge in [0.25, 0.3) is 0 Å². The summed E-state index contributed by atoms with van der Waals surface area (Å²) < 4.78 is 0. The smallest absolute Gasteiger partial charge is 0.139 e. The Morgan fingerprint density at radius 2 is 1.82 bits per heavy atom. The van der Waals surface area contributed by atoms with Crippen LogP contribution in [0.3, 0.4) is 0 Å². The second-order valence-electron chi connectivity index (χ2n) is 4.30. The van der Waals surface area contributed by atoms with Crippen LogP contribution in [0.2, 0.25) is 0 Å². The summed E-state index contributed by atoms with van der Waals surface area (Å²) >= 11 is 0. The van der Waals surface area contributed by atoms with Crippen molar-refractivity contribution >= 4 is 16.7 Å². The number of rotatable bonds is 4. The third kappa shape index (κ3) is 2.23. The monoisotopic (exact) mass is 229 g/mol. The molecule has 1 aromatic carbocycles. The number of aromatic nitrogens is 2. The molecular formula is C14H19N3. The van der Waals surface area contributed by atoms with Crippen molar-refractivity contribution in [1.82, 2.24) is 9.97 Å².